The number of aliphatic hydroxyl groups excluding tert-OH is 1. The SMILES string of the molecule is CC(C)N1CCC(NC(=O)CN(C)C(CCO)c2ccccc2)CC1. The lowest BCUT2D eigenvalue weighted by Gasteiger charge is -2.35. The molecule has 0 radical (unpaired) electrons. The summed E-state index contributed by atoms with van der Waals surface area (Å²) in [6.45, 7) is 7.01. The third-order valence-corrected chi connectivity index (χ3v) is 5.14. The molecular formula is C20H33N3O2. The van der Waals surface area contributed by atoms with Crippen LogP contribution in [-0.4, -0.2) is 66.2 Å². The average Bonchev–Trinajstić information content (AvgIpc) is 2.60. The molecule has 5 nitrogen and oxygen atoms in total. The molecule has 2 rings (SSSR count). The molecule has 1 saturated heterocycles. The van der Waals surface area contributed by atoms with E-state index < -0.39 is 0 Å². The van der Waals surface area contributed by atoms with E-state index in [0.717, 1.165) is 31.5 Å². The standard InChI is InChI=1S/C20H33N3O2/c1-16(2)23-12-9-18(10-13-23)21-20(25)15-22(3)19(11-14-24)17-7-5-4-6-8-17/h4-8,16,18-19,24H,9-15H2,1-3H3,(H,21,25). The second kappa shape index (κ2) is 9.90. The average molecular weight is 348 g/mol. The normalized spacial score (nSPS) is 17.8. The largest absolute Gasteiger partial charge is 0.396 e. The van der Waals surface area contributed by atoms with Crippen molar-refractivity contribution in [2.24, 2.45) is 0 Å². The highest BCUT2D eigenvalue weighted by molar-refractivity contribution is 5.78. The lowest BCUT2D eigenvalue weighted by Crippen LogP contribution is -2.48. The van der Waals surface area contributed by atoms with E-state index in [1.165, 1.54) is 0 Å². The Kier molecular flexibility index (Phi) is 7.88. The number of likely N-dealkylation sites (tertiary alicyclic amines) is 1. The zero-order valence-corrected chi connectivity index (χ0v) is 15.8. The fraction of sp³-hybridized carbons (Fsp3) is 0.650. The Hall–Kier alpha value is -1.43. The minimum atomic E-state index is 0.0553. The van der Waals surface area contributed by atoms with Crippen molar-refractivity contribution < 1.29 is 9.90 Å². The molecule has 0 aliphatic carbocycles. The number of rotatable bonds is 8. The van der Waals surface area contributed by atoms with Crippen LogP contribution in [0.5, 0.6) is 0 Å². The number of hydrogen-bond donors (Lipinski definition) is 2. The predicted molar refractivity (Wildman–Crippen MR) is 101 cm³/mol. The Morgan fingerprint density at radius 3 is 2.48 bits per heavy atom. The molecular weight excluding hydrogens is 314 g/mol. The second-order valence-corrected chi connectivity index (χ2v) is 7.33. The van der Waals surface area contributed by atoms with E-state index >= 15 is 0 Å². The number of nitrogens with zero attached hydrogens (tertiary/aromatic N) is 2. The van der Waals surface area contributed by atoms with Gasteiger partial charge in [-0.15, -0.1) is 0 Å². The van der Waals surface area contributed by atoms with Crippen molar-refractivity contribution in [2.75, 3.05) is 33.3 Å². The molecule has 2 N–H and O–H groups in total. The summed E-state index contributed by atoms with van der Waals surface area (Å²) in [5.74, 6) is 0.0735. The van der Waals surface area contributed by atoms with E-state index in [0.29, 0.717) is 19.0 Å². The van der Waals surface area contributed by atoms with Gasteiger partial charge in [0.05, 0.1) is 6.54 Å². The highest BCUT2D eigenvalue weighted by atomic mass is 16.3. The molecule has 1 aliphatic heterocycles. The van der Waals surface area contributed by atoms with Gasteiger partial charge in [-0.05, 0) is 45.7 Å². The number of amides is 1. The van der Waals surface area contributed by atoms with E-state index in [1.807, 2.05) is 30.1 Å². The molecule has 25 heavy (non-hydrogen) atoms. The summed E-state index contributed by atoms with van der Waals surface area (Å²) in [5.41, 5.74) is 1.14. The van der Waals surface area contributed by atoms with Crippen LogP contribution in [0.3, 0.4) is 0 Å². The number of carbonyl (C=O) groups is 1. The molecule has 1 atom stereocenters. The summed E-state index contributed by atoms with van der Waals surface area (Å²) < 4.78 is 0. The number of hydrogen-bond acceptors (Lipinski definition) is 4. The first-order valence-electron chi connectivity index (χ1n) is 9.40. The van der Waals surface area contributed by atoms with E-state index in [2.05, 4.69) is 36.2 Å². The number of carbonyl (C=O) groups excluding carboxylic acids is 1. The number of nitrogens with one attached hydrogen (secondary N) is 1. The molecule has 1 aliphatic rings. The first-order chi connectivity index (χ1) is 12.0. The molecule has 1 aromatic carbocycles. The Labute approximate surface area is 152 Å². The lowest BCUT2D eigenvalue weighted by molar-refractivity contribution is -0.123. The molecule has 1 amide bonds. The van der Waals surface area contributed by atoms with Crippen LogP contribution in [0.25, 0.3) is 0 Å². The molecule has 0 aromatic heterocycles. The van der Waals surface area contributed by atoms with Gasteiger partial charge in [0.2, 0.25) is 5.91 Å². The van der Waals surface area contributed by atoms with Gasteiger partial charge in [0.15, 0.2) is 0 Å². The topological polar surface area (TPSA) is 55.8 Å². The summed E-state index contributed by atoms with van der Waals surface area (Å²) in [4.78, 5) is 16.9. The fourth-order valence-electron chi connectivity index (χ4n) is 3.61. The third-order valence-electron chi connectivity index (χ3n) is 5.14. The maximum absolute atomic E-state index is 12.4. The molecule has 5 heteroatoms. The molecule has 1 heterocycles. The number of benzene rings is 1. The van der Waals surface area contributed by atoms with Crippen LogP contribution in [0.4, 0.5) is 0 Å². The molecule has 0 bridgehead atoms. The van der Waals surface area contributed by atoms with Crippen LogP contribution in [0.2, 0.25) is 0 Å². The first-order valence-corrected chi connectivity index (χ1v) is 9.40. The second-order valence-electron chi connectivity index (χ2n) is 7.33. The van der Waals surface area contributed by atoms with Gasteiger partial charge in [0.1, 0.15) is 0 Å². The minimum absolute atomic E-state index is 0.0553. The number of likely N-dealkylation sites (N-methyl/N-ethyl adjacent to an activating group) is 1. The van der Waals surface area contributed by atoms with E-state index in [1.54, 1.807) is 0 Å². The molecule has 1 aromatic rings. The van der Waals surface area contributed by atoms with Crippen molar-refractivity contribution in [1.29, 1.82) is 0 Å². The zero-order valence-electron chi connectivity index (χ0n) is 15.8. The van der Waals surface area contributed by atoms with Crippen molar-refractivity contribution in [1.82, 2.24) is 15.1 Å². The fourth-order valence-corrected chi connectivity index (χ4v) is 3.61. The summed E-state index contributed by atoms with van der Waals surface area (Å²) in [6.07, 6.45) is 2.67. The van der Waals surface area contributed by atoms with Gasteiger partial charge < -0.3 is 15.3 Å². The van der Waals surface area contributed by atoms with Crippen molar-refractivity contribution in [3.8, 4) is 0 Å². The van der Waals surface area contributed by atoms with Crippen LogP contribution in [0, 0.1) is 0 Å². The van der Waals surface area contributed by atoms with E-state index in [4.69, 9.17) is 0 Å². The minimum Gasteiger partial charge on any atom is -0.396 e. The Morgan fingerprint density at radius 2 is 1.92 bits per heavy atom. The van der Waals surface area contributed by atoms with Crippen LogP contribution in [-0.2, 0) is 4.79 Å². The summed E-state index contributed by atoms with van der Waals surface area (Å²) in [5, 5.41) is 12.6. The number of piperidine rings is 1. The van der Waals surface area contributed by atoms with Gasteiger partial charge in [0.25, 0.3) is 0 Å². The highest BCUT2D eigenvalue weighted by Gasteiger charge is 2.24. The summed E-state index contributed by atoms with van der Waals surface area (Å²) >= 11 is 0. The summed E-state index contributed by atoms with van der Waals surface area (Å²) in [6, 6.07) is 11.0. The molecule has 1 fully saturated rings. The smallest absolute Gasteiger partial charge is 0.234 e. The zero-order chi connectivity index (χ0) is 18.2. The number of aliphatic hydroxyl groups is 1. The first kappa shape index (κ1) is 19.9. The molecule has 0 spiro atoms. The molecule has 140 valence electrons. The van der Waals surface area contributed by atoms with Gasteiger partial charge in [-0.3, -0.25) is 9.69 Å². The third kappa shape index (κ3) is 6.10. The van der Waals surface area contributed by atoms with Crippen molar-refractivity contribution in [3.63, 3.8) is 0 Å². The van der Waals surface area contributed by atoms with Crippen LogP contribution < -0.4 is 5.32 Å². The lowest BCUT2D eigenvalue weighted by atomic mass is 10.0. The van der Waals surface area contributed by atoms with Gasteiger partial charge >= 0.3 is 0 Å². The maximum Gasteiger partial charge on any atom is 0.234 e. The Morgan fingerprint density at radius 1 is 1.28 bits per heavy atom. The van der Waals surface area contributed by atoms with E-state index in [9.17, 15) is 9.90 Å². The van der Waals surface area contributed by atoms with Crippen LogP contribution >= 0.6 is 0 Å². The summed E-state index contributed by atoms with van der Waals surface area (Å²) in [7, 11) is 1.95. The predicted octanol–water partition coefficient (Wildman–Crippen LogP) is 2.03. The quantitative estimate of drug-likeness (QED) is 0.755. The van der Waals surface area contributed by atoms with Crippen molar-refractivity contribution >= 4 is 5.91 Å². The van der Waals surface area contributed by atoms with Gasteiger partial charge in [-0.1, -0.05) is 30.3 Å². The van der Waals surface area contributed by atoms with Crippen molar-refractivity contribution in [2.45, 2.75) is 51.2 Å². The highest BCUT2D eigenvalue weighted by Crippen LogP contribution is 2.22. The molecule has 0 saturated carbocycles. The van der Waals surface area contributed by atoms with Crippen LogP contribution in [0.15, 0.2) is 30.3 Å². The Bertz CT molecular complexity index is 513. The van der Waals surface area contributed by atoms with Gasteiger partial charge in [-0.2, -0.15) is 0 Å². The van der Waals surface area contributed by atoms with Gasteiger partial charge in [-0.25, -0.2) is 0 Å². The van der Waals surface area contributed by atoms with Crippen LogP contribution in [0.1, 0.15) is 44.7 Å². The monoisotopic (exact) mass is 347 g/mol. The van der Waals surface area contributed by atoms with E-state index in [-0.39, 0.29) is 24.6 Å². The Balaban J connectivity index is 1.84. The van der Waals surface area contributed by atoms with Gasteiger partial charge in [0, 0.05) is 37.8 Å². The molecule has 1 unspecified atom stereocenters. The van der Waals surface area contributed by atoms with Crippen molar-refractivity contribution in [3.05, 3.63) is 35.9 Å². The maximum atomic E-state index is 12.4.